The smallest absolute Gasteiger partial charge is 0.253 e. The summed E-state index contributed by atoms with van der Waals surface area (Å²) in [7, 11) is 0. The highest BCUT2D eigenvalue weighted by Crippen LogP contribution is 2.21. The minimum absolute atomic E-state index is 0.0512. The van der Waals surface area contributed by atoms with Gasteiger partial charge in [0.05, 0.1) is 5.52 Å². The minimum atomic E-state index is 0.0512. The highest BCUT2D eigenvalue weighted by atomic mass is 16.2. The molecule has 0 aliphatic carbocycles. The van der Waals surface area contributed by atoms with Crippen molar-refractivity contribution in [2.45, 2.75) is 13.8 Å². The lowest BCUT2D eigenvalue weighted by Gasteiger charge is -2.35. The summed E-state index contributed by atoms with van der Waals surface area (Å²) in [6.45, 7) is 6.75. The van der Waals surface area contributed by atoms with Gasteiger partial charge in [0.25, 0.3) is 5.91 Å². The molecule has 1 N–H and O–H groups in total. The second kappa shape index (κ2) is 8.86. The lowest BCUT2D eigenvalue weighted by Crippen LogP contribution is -2.49. The number of anilines is 3. The Morgan fingerprint density at radius 2 is 1.52 bits per heavy atom. The minimum Gasteiger partial charge on any atom is -0.353 e. The van der Waals surface area contributed by atoms with Crippen LogP contribution in [-0.2, 0) is 0 Å². The summed E-state index contributed by atoms with van der Waals surface area (Å²) in [6.07, 6.45) is 0. The summed E-state index contributed by atoms with van der Waals surface area (Å²) in [5, 5.41) is 4.34. The van der Waals surface area contributed by atoms with Crippen molar-refractivity contribution in [3.63, 3.8) is 0 Å². The van der Waals surface area contributed by atoms with Crippen molar-refractivity contribution in [2.24, 2.45) is 0 Å². The molecule has 0 unspecified atom stereocenters. The molecule has 1 aliphatic heterocycles. The van der Waals surface area contributed by atoms with Gasteiger partial charge < -0.3 is 15.1 Å². The quantitative estimate of drug-likeness (QED) is 0.511. The van der Waals surface area contributed by atoms with Crippen molar-refractivity contribution in [1.82, 2.24) is 19.9 Å². The molecule has 7 nitrogen and oxygen atoms in total. The summed E-state index contributed by atoms with van der Waals surface area (Å²) >= 11 is 0. The normalized spacial score (nSPS) is 13.9. The average molecular weight is 439 g/mol. The second-order valence-corrected chi connectivity index (χ2v) is 8.32. The monoisotopic (exact) mass is 438 g/mol. The Labute approximate surface area is 193 Å². The van der Waals surface area contributed by atoms with Crippen LogP contribution in [0.1, 0.15) is 21.7 Å². The molecule has 33 heavy (non-hydrogen) atoms. The first-order chi connectivity index (χ1) is 16.0. The van der Waals surface area contributed by atoms with Crippen molar-refractivity contribution in [3.05, 3.63) is 83.7 Å². The molecule has 0 saturated carbocycles. The molecule has 0 bridgehead atoms. The van der Waals surface area contributed by atoms with E-state index >= 15 is 0 Å². The van der Waals surface area contributed by atoms with Crippen LogP contribution in [0.5, 0.6) is 0 Å². The average Bonchev–Trinajstić information content (AvgIpc) is 2.83. The molecule has 0 radical (unpaired) electrons. The first-order valence-corrected chi connectivity index (χ1v) is 11.1. The van der Waals surface area contributed by atoms with Gasteiger partial charge in [0.2, 0.25) is 5.95 Å². The molecule has 1 amide bonds. The second-order valence-electron chi connectivity index (χ2n) is 8.32. The number of piperazine rings is 1. The van der Waals surface area contributed by atoms with E-state index in [-0.39, 0.29) is 5.91 Å². The largest absolute Gasteiger partial charge is 0.353 e. The number of pyridine rings is 1. The number of fused-ring (bicyclic) bond motifs is 1. The van der Waals surface area contributed by atoms with Crippen LogP contribution in [0.3, 0.4) is 0 Å². The molecule has 7 heteroatoms. The van der Waals surface area contributed by atoms with Crippen LogP contribution in [0.2, 0.25) is 0 Å². The fourth-order valence-corrected chi connectivity index (χ4v) is 4.16. The highest BCUT2D eigenvalue weighted by Gasteiger charge is 2.23. The molecule has 1 aliphatic rings. The number of aromatic nitrogens is 3. The number of amides is 1. The van der Waals surface area contributed by atoms with Gasteiger partial charge >= 0.3 is 0 Å². The molecule has 3 heterocycles. The molecule has 1 saturated heterocycles. The molecule has 0 spiro atoms. The lowest BCUT2D eigenvalue weighted by molar-refractivity contribution is 0.0746. The van der Waals surface area contributed by atoms with Crippen LogP contribution in [0, 0.1) is 13.8 Å². The number of carbonyl (C=O) groups excluding carboxylic acids is 1. The maximum absolute atomic E-state index is 13.0. The maximum Gasteiger partial charge on any atom is 0.253 e. The predicted molar refractivity (Wildman–Crippen MR) is 131 cm³/mol. The van der Waals surface area contributed by atoms with Crippen molar-refractivity contribution in [1.29, 1.82) is 0 Å². The summed E-state index contributed by atoms with van der Waals surface area (Å²) < 4.78 is 0. The van der Waals surface area contributed by atoms with Gasteiger partial charge in [-0.15, -0.1) is 0 Å². The summed E-state index contributed by atoms with van der Waals surface area (Å²) in [5.74, 6) is 1.57. The Morgan fingerprint density at radius 1 is 0.818 bits per heavy atom. The summed E-state index contributed by atoms with van der Waals surface area (Å²) in [4.78, 5) is 30.8. The third-order valence-electron chi connectivity index (χ3n) is 5.84. The first-order valence-electron chi connectivity index (χ1n) is 11.1. The zero-order valence-electron chi connectivity index (χ0n) is 18.8. The van der Waals surface area contributed by atoms with Crippen molar-refractivity contribution in [2.75, 3.05) is 36.4 Å². The Balaban J connectivity index is 1.21. The fraction of sp³-hybridized carbons (Fsp3) is 0.231. The van der Waals surface area contributed by atoms with Crippen molar-refractivity contribution >= 4 is 34.3 Å². The molecule has 166 valence electrons. The summed E-state index contributed by atoms with van der Waals surface area (Å²) in [5.41, 5.74) is 4.35. The fourth-order valence-electron chi connectivity index (χ4n) is 4.16. The number of rotatable bonds is 4. The van der Waals surface area contributed by atoms with Crippen LogP contribution in [0.25, 0.3) is 10.9 Å². The topological polar surface area (TPSA) is 74.2 Å². The van der Waals surface area contributed by atoms with E-state index in [2.05, 4.69) is 38.4 Å². The van der Waals surface area contributed by atoms with Crippen LogP contribution in [0.15, 0.2) is 66.7 Å². The van der Waals surface area contributed by atoms with Gasteiger partial charge in [0, 0.05) is 54.2 Å². The van der Waals surface area contributed by atoms with E-state index in [1.807, 2.05) is 67.3 Å². The van der Waals surface area contributed by atoms with Crippen LogP contribution in [-0.4, -0.2) is 51.9 Å². The van der Waals surface area contributed by atoms with E-state index in [0.29, 0.717) is 24.6 Å². The molecule has 2 aromatic heterocycles. The molecular formula is C26H26N6O. The molecule has 2 aromatic carbocycles. The van der Waals surface area contributed by atoms with Gasteiger partial charge in [-0.3, -0.25) is 4.79 Å². The molecule has 4 aromatic rings. The van der Waals surface area contributed by atoms with E-state index < -0.39 is 0 Å². The number of benzene rings is 2. The van der Waals surface area contributed by atoms with E-state index in [9.17, 15) is 4.79 Å². The van der Waals surface area contributed by atoms with E-state index in [1.54, 1.807) is 0 Å². The zero-order chi connectivity index (χ0) is 22.8. The highest BCUT2D eigenvalue weighted by molar-refractivity contribution is 5.94. The van der Waals surface area contributed by atoms with Crippen LogP contribution in [0.4, 0.5) is 17.5 Å². The van der Waals surface area contributed by atoms with Gasteiger partial charge in [-0.25, -0.2) is 15.0 Å². The standard InChI is InChI=1S/C26H26N6O/c1-18-17-19(2)28-26(27-18)29-22-10-7-21(8-11-22)25(33)32-15-13-31(14-16-32)24-12-9-20-5-3-4-6-23(20)30-24/h3-12,17H,13-16H2,1-2H3,(H,27,28,29). The maximum atomic E-state index is 13.0. The molecular weight excluding hydrogens is 412 g/mol. The lowest BCUT2D eigenvalue weighted by atomic mass is 10.1. The van der Waals surface area contributed by atoms with E-state index in [1.165, 1.54) is 0 Å². The van der Waals surface area contributed by atoms with Gasteiger partial charge in [0.15, 0.2) is 0 Å². The van der Waals surface area contributed by atoms with Gasteiger partial charge in [-0.1, -0.05) is 18.2 Å². The third-order valence-corrected chi connectivity index (χ3v) is 5.84. The molecule has 1 fully saturated rings. The van der Waals surface area contributed by atoms with Crippen LogP contribution < -0.4 is 10.2 Å². The molecule has 0 atom stereocenters. The zero-order valence-corrected chi connectivity index (χ0v) is 18.8. The first kappa shape index (κ1) is 20.9. The number of para-hydroxylation sites is 1. The number of hydrogen-bond acceptors (Lipinski definition) is 6. The Bertz CT molecular complexity index is 1280. The van der Waals surface area contributed by atoms with Gasteiger partial charge in [-0.05, 0) is 62.4 Å². The summed E-state index contributed by atoms with van der Waals surface area (Å²) in [6, 6.07) is 21.7. The number of hydrogen-bond donors (Lipinski definition) is 1. The number of aryl methyl sites for hydroxylation is 2. The molecule has 5 rings (SSSR count). The SMILES string of the molecule is Cc1cc(C)nc(Nc2ccc(C(=O)N3CCN(c4ccc5ccccc5n4)CC3)cc2)n1. The van der Waals surface area contributed by atoms with E-state index in [0.717, 1.165) is 46.9 Å². The predicted octanol–water partition coefficient (Wildman–Crippen LogP) is 4.35. The Kier molecular flexibility index (Phi) is 5.60. The third kappa shape index (κ3) is 4.62. The van der Waals surface area contributed by atoms with E-state index in [4.69, 9.17) is 4.98 Å². The Morgan fingerprint density at radius 3 is 2.24 bits per heavy atom. The Hall–Kier alpha value is -4.00. The van der Waals surface area contributed by atoms with Gasteiger partial charge in [0.1, 0.15) is 5.82 Å². The number of nitrogens with zero attached hydrogens (tertiary/aromatic N) is 5. The number of nitrogens with one attached hydrogen (secondary N) is 1. The van der Waals surface area contributed by atoms with Crippen molar-refractivity contribution in [3.8, 4) is 0 Å². The van der Waals surface area contributed by atoms with Gasteiger partial charge in [-0.2, -0.15) is 0 Å². The number of carbonyl (C=O) groups is 1. The van der Waals surface area contributed by atoms with Crippen LogP contribution >= 0.6 is 0 Å². The van der Waals surface area contributed by atoms with Crippen molar-refractivity contribution < 1.29 is 4.79 Å².